The summed E-state index contributed by atoms with van der Waals surface area (Å²) < 4.78 is 32.8. The van der Waals surface area contributed by atoms with Crippen LogP contribution in [-0.4, -0.2) is 14.0 Å². The van der Waals surface area contributed by atoms with Crippen molar-refractivity contribution in [1.82, 2.24) is 0 Å². The van der Waals surface area contributed by atoms with Crippen LogP contribution in [0.15, 0.2) is 59.5 Å². The molecule has 4 nitrogen and oxygen atoms in total. The molecular weight excluding hydrogens is 286 g/mol. The molecule has 1 N–H and O–H groups in total. The van der Waals surface area contributed by atoms with Gasteiger partial charge in [0.15, 0.2) is 0 Å². The monoisotopic (exact) mass is 305 g/mol. The molecule has 0 bridgehead atoms. The predicted molar refractivity (Wildman–Crippen MR) is 84.1 cm³/mol. The van der Waals surface area contributed by atoms with Gasteiger partial charge in [-0.3, -0.25) is 4.72 Å². The van der Waals surface area contributed by atoms with Crippen LogP contribution >= 0.6 is 0 Å². The summed E-state index contributed by atoms with van der Waals surface area (Å²) in [5.74, 6) is 0.621. The minimum atomic E-state index is -3.58. The fourth-order valence-electron chi connectivity index (χ4n) is 1.79. The average molecular weight is 305 g/mol. The Kier molecular flexibility index (Phi) is 4.23. The second-order valence-electron chi connectivity index (χ2n) is 5.66. The molecule has 0 amide bonds. The molecule has 0 radical (unpaired) electrons. The van der Waals surface area contributed by atoms with Crippen molar-refractivity contribution in [3.8, 4) is 5.75 Å². The number of nitrogens with one attached hydrogen (secondary N) is 1. The molecule has 112 valence electrons. The number of anilines is 1. The number of ether oxygens (including phenoxy) is 1. The molecule has 0 unspecified atom stereocenters. The summed E-state index contributed by atoms with van der Waals surface area (Å²) in [7, 11) is -3.58. The van der Waals surface area contributed by atoms with Gasteiger partial charge in [0.05, 0.1) is 10.6 Å². The molecule has 0 heterocycles. The van der Waals surface area contributed by atoms with Crippen molar-refractivity contribution in [2.75, 3.05) is 4.72 Å². The lowest BCUT2D eigenvalue weighted by Crippen LogP contribution is -2.23. The Hall–Kier alpha value is -2.01. The Morgan fingerprint density at radius 2 is 1.62 bits per heavy atom. The first-order valence-corrected chi connectivity index (χ1v) is 8.12. The maximum atomic E-state index is 12.2. The quantitative estimate of drug-likeness (QED) is 0.937. The van der Waals surface area contributed by atoms with Crippen LogP contribution in [0.2, 0.25) is 0 Å². The fraction of sp³-hybridized carbons (Fsp3) is 0.250. The molecule has 0 fully saturated rings. The average Bonchev–Trinajstić information content (AvgIpc) is 2.37. The van der Waals surface area contributed by atoms with Crippen LogP contribution in [0.5, 0.6) is 5.75 Å². The topological polar surface area (TPSA) is 55.4 Å². The zero-order valence-corrected chi connectivity index (χ0v) is 13.1. The molecule has 0 atom stereocenters. The zero-order chi connectivity index (χ0) is 15.5. The van der Waals surface area contributed by atoms with Gasteiger partial charge >= 0.3 is 0 Å². The van der Waals surface area contributed by atoms with Gasteiger partial charge in [-0.15, -0.1) is 0 Å². The van der Waals surface area contributed by atoms with Gasteiger partial charge in [-0.1, -0.05) is 24.3 Å². The van der Waals surface area contributed by atoms with Crippen LogP contribution in [-0.2, 0) is 10.0 Å². The van der Waals surface area contributed by atoms with E-state index in [1.807, 2.05) is 20.8 Å². The van der Waals surface area contributed by atoms with Crippen molar-refractivity contribution in [2.45, 2.75) is 31.3 Å². The van der Waals surface area contributed by atoms with Gasteiger partial charge in [0.25, 0.3) is 10.0 Å². The van der Waals surface area contributed by atoms with Crippen molar-refractivity contribution >= 4 is 15.7 Å². The lowest BCUT2D eigenvalue weighted by molar-refractivity contribution is 0.131. The van der Waals surface area contributed by atoms with Gasteiger partial charge in [0, 0.05) is 6.07 Å². The Morgan fingerprint density at radius 1 is 0.952 bits per heavy atom. The lowest BCUT2D eigenvalue weighted by atomic mass is 10.2. The van der Waals surface area contributed by atoms with E-state index >= 15 is 0 Å². The second-order valence-corrected chi connectivity index (χ2v) is 7.34. The fourth-order valence-corrected chi connectivity index (χ4v) is 2.86. The summed E-state index contributed by atoms with van der Waals surface area (Å²) in [6.07, 6.45) is 0. The Labute approximate surface area is 125 Å². The summed E-state index contributed by atoms with van der Waals surface area (Å²) in [6, 6.07) is 15.2. The molecule has 0 aliphatic rings. The molecule has 0 aliphatic carbocycles. The summed E-state index contributed by atoms with van der Waals surface area (Å²) in [5.41, 5.74) is 0.136. The van der Waals surface area contributed by atoms with Crippen molar-refractivity contribution in [3.05, 3.63) is 54.6 Å². The maximum absolute atomic E-state index is 12.2. The lowest BCUT2D eigenvalue weighted by Gasteiger charge is -2.21. The number of sulfonamides is 1. The molecule has 2 aromatic carbocycles. The third kappa shape index (κ3) is 4.49. The van der Waals surface area contributed by atoms with E-state index in [2.05, 4.69) is 4.72 Å². The summed E-state index contributed by atoms with van der Waals surface area (Å²) >= 11 is 0. The van der Waals surface area contributed by atoms with E-state index < -0.39 is 10.0 Å². The van der Waals surface area contributed by atoms with Gasteiger partial charge < -0.3 is 4.74 Å². The van der Waals surface area contributed by atoms with Crippen LogP contribution in [0.25, 0.3) is 0 Å². The molecule has 2 aromatic rings. The Bertz CT molecular complexity index is 704. The van der Waals surface area contributed by atoms with Crippen LogP contribution in [0.4, 0.5) is 5.69 Å². The third-order valence-corrected chi connectivity index (χ3v) is 3.96. The van der Waals surface area contributed by atoms with E-state index in [-0.39, 0.29) is 10.5 Å². The minimum Gasteiger partial charge on any atom is -0.488 e. The van der Waals surface area contributed by atoms with Crippen molar-refractivity contribution < 1.29 is 13.2 Å². The summed E-state index contributed by atoms with van der Waals surface area (Å²) in [6.45, 7) is 5.81. The highest BCUT2D eigenvalue weighted by atomic mass is 32.2. The molecule has 2 rings (SSSR count). The van der Waals surface area contributed by atoms with Crippen LogP contribution < -0.4 is 9.46 Å². The van der Waals surface area contributed by atoms with Gasteiger partial charge in [0.2, 0.25) is 0 Å². The smallest absolute Gasteiger partial charge is 0.261 e. The van der Waals surface area contributed by atoms with Gasteiger partial charge in [-0.05, 0) is 45.0 Å². The van der Waals surface area contributed by atoms with Crippen LogP contribution in [0.1, 0.15) is 20.8 Å². The third-order valence-electron chi connectivity index (χ3n) is 2.56. The number of rotatable bonds is 4. The highest BCUT2D eigenvalue weighted by molar-refractivity contribution is 7.92. The van der Waals surface area contributed by atoms with Crippen molar-refractivity contribution in [2.24, 2.45) is 0 Å². The highest BCUT2D eigenvalue weighted by Gasteiger charge is 2.15. The minimum absolute atomic E-state index is 0.229. The van der Waals surface area contributed by atoms with E-state index in [9.17, 15) is 8.42 Å². The predicted octanol–water partition coefficient (Wildman–Crippen LogP) is 3.66. The van der Waals surface area contributed by atoms with E-state index in [4.69, 9.17) is 4.74 Å². The van der Waals surface area contributed by atoms with Crippen LogP contribution in [0, 0.1) is 0 Å². The molecular formula is C16H19NO3S. The molecule has 21 heavy (non-hydrogen) atoms. The van der Waals surface area contributed by atoms with E-state index in [0.717, 1.165) is 0 Å². The number of benzene rings is 2. The van der Waals surface area contributed by atoms with Gasteiger partial charge in [-0.25, -0.2) is 8.42 Å². The Morgan fingerprint density at radius 3 is 2.24 bits per heavy atom. The summed E-state index contributed by atoms with van der Waals surface area (Å²) in [4.78, 5) is 0.229. The molecule has 5 heteroatoms. The van der Waals surface area contributed by atoms with E-state index in [0.29, 0.717) is 11.4 Å². The van der Waals surface area contributed by atoms with E-state index in [1.165, 1.54) is 0 Å². The first kappa shape index (κ1) is 15.4. The van der Waals surface area contributed by atoms with Crippen molar-refractivity contribution in [1.29, 1.82) is 0 Å². The molecule has 0 saturated heterocycles. The first-order valence-electron chi connectivity index (χ1n) is 6.63. The molecule has 0 spiro atoms. The largest absolute Gasteiger partial charge is 0.488 e. The number of hydrogen-bond donors (Lipinski definition) is 1. The second kappa shape index (κ2) is 5.77. The Balaban J connectivity index is 2.22. The van der Waals surface area contributed by atoms with Crippen LogP contribution in [0.3, 0.4) is 0 Å². The first-order chi connectivity index (χ1) is 9.76. The maximum Gasteiger partial charge on any atom is 0.261 e. The van der Waals surface area contributed by atoms with E-state index in [1.54, 1.807) is 54.6 Å². The summed E-state index contributed by atoms with van der Waals surface area (Å²) in [5, 5.41) is 0. The molecule has 0 aliphatic heterocycles. The van der Waals surface area contributed by atoms with Gasteiger partial charge in [-0.2, -0.15) is 0 Å². The molecule has 0 aromatic heterocycles. The standard InChI is InChI=1S/C16H19NO3S/c1-16(2,3)20-14-9-7-8-13(12-14)17-21(18,19)15-10-5-4-6-11-15/h4-12,17H,1-3H3. The highest BCUT2D eigenvalue weighted by Crippen LogP contribution is 2.23. The normalized spacial score (nSPS) is 12.0. The SMILES string of the molecule is CC(C)(C)Oc1cccc(NS(=O)(=O)c2ccccc2)c1. The molecule has 0 saturated carbocycles. The van der Waals surface area contributed by atoms with Crippen molar-refractivity contribution in [3.63, 3.8) is 0 Å². The zero-order valence-electron chi connectivity index (χ0n) is 12.3. The number of hydrogen-bond acceptors (Lipinski definition) is 3. The van der Waals surface area contributed by atoms with Gasteiger partial charge in [0.1, 0.15) is 11.4 Å².